The normalized spacial score (nSPS) is 15.2. The van der Waals surface area contributed by atoms with Crippen LogP contribution in [0, 0.1) is 5.92 Å². The lowest BCUT2D eigenvalue weighted by atomic mass is 9.99. The van der Waals surface area contributed by atoms with Crippen LogP contribution < -0.4 is 10.1 Å². The number of carbonyl (C=O) groups excluding carboxylic acids is 1. The molecule has 2 aromatic carbocycles. The third-order valence-electron chi connectivity index (χ3n) is 5.71. The fourth-order valence-electron chi connectivity index (χ4n) is 3.68. The number of phenols is 1. The standard InChI is InChI=1S/C24H32N2O3/c1-18-11-14-26(15-12-18)13-3-4-23(27)20-7-10-24(28)22(16-20)25-17-19-5-8-21(29-2)9-6-19/h5-10,16,18,25,28H,3-4,11-15,17H2,1-2H3. The van der Waals surface area contributed by atoms with Crippen LogP contribution >= 0.6 is 0 Å². The van der Waals surface area contributed by atoms with Crippen LogP contribution in [0.15, 0.2) is 42.5 Å². The first kappa shape index (κ1) is 21.2. The number of piperidine rings is 1. The topological polar surface area (TPSA) is 61.8 Å². The number of hydrogen-bond donors (Lipinski definition) is 2. The van der Waals surface area contributed by atoms with Gasteiger partial charge in [-0.2, -0.15) is 0 Å². The number of likely N-dealkylation sites (tertiary alicyclic amines) is 1. The monoisotopic (exact) mass is 396 g/mol. The van der Waals surface area contributed by atoms with Gasteiger partial charge in [0.2, 0.25) is 0 Å². The van der Waals surface area contributed by atoms with E-state index < -0.39 is 0 Å². The van der Waals surface area contributed by atoms with E-state index in [9.17, 15) is 9.90 Å². The van der Waals surface area contributed by atoms with Crippen molar-refractivity contribution in [2.24, 2.45) is 5.92 Å². The number of phenolic OH excluding ortho intramolecular Hbond substituents is 1. The van der Waals surface area contributed by atoms with Gasteiger partial charge in [0.25, 0.3) is 0 Å². The van der Waals surface area contributed by atoms with Gasteiger partial charge in [-0.3, -0.25) is 4.79 Å². The summed E-state index contributed by atoms with van der Waals surface area (Å²) in [6.07, 6.45) is 3.93. The molecule has 1 fully saturated rings. The zero-order valence-corrected chi connectivity index (χ0v) is 17.5. The molecule has 0 aliphatic carbocycles. The van der Waals surface area contributed by atoms with Crippen molar-refractivity contribution >= 4 is 11.5 Å². The van der Waals surface area contributed by atoms with E-state index in [0.717, 1.165) is 43.3 Å². The predicted octanol–water partition coefficient (Wildman–Crippen LogP) is 4.71. The molecule has 0 unspecified atom stereocenters. The quantitative estimate of drug-likeness (QED) is 0.475. The van der Waals surface area contributed by atoms with Gasteiger partial charge in [-0.1, -0.05) is 19.1 Å². The summed E-state index contributed by atoms with van der Waals surface area (Å²) >= 11 is 0. The van der Waals surface area contributed by atoms with Crippen LogP contribution in [-0.2, 0) is 6.54 Å². The Bertz CT molecular complexity index is 796. The molecule has 1 aliphatic rings. The molecule has 0 atom stereocenters. The molecule has 1 heterocycles. The molecule has 1 aliphatic heterocycles. The fourth-order valence-corrected chi connectivity index (χ4v) is 3.68. The molecule has 2 N–H and O–H groups in total. The second kappa shape index (κ2) is 10.3. The molecule has 5 heteroatoms. The SMILES string of the molecule is COc1ccc(CNc2cc(C(=O)CCCN3CCC(C)CC3)ccc2O)cc1. The van der Waals surface area contributed by atoms with E-state index in [1.54, 1.807) is 25.3 Å². The highest BCUT2D eigenvalue weighted by molar-refractivity contribution is 5.97. The molecule has 0 bridgehead atoms. The van der Waals surface area contributed by atoms with Crippen molar-refractivity contribution in [3.63, 3.8) is 0 Å². The minimum Gasteiger partial charge on any atom is -0.506 e. The van der Waals surface area contributed by atoms with Crippen molar-refractivity contribution in [3.05, 3.63) is 53.6 Å². The van der Waals surface area contributed by atoms with Gasteiger partial charge < -0.3 is 20.1 Å². The highest BCUT2D eigenvalue weighted by atomic mass is 16.5. The number of aromatic hydroxyl groups is 1. The number of benzene rings is 2. The van der Waals surface area contributed by atoms with Gasteiger partial charge in [-0.15, -0.1) is 0 Å². The molecule has 3 rings (SSSR count). The molecule has 29 heavy (non-hydrogen) atoms. The van der Waals surface area contributed by atoms with Crippen molar-refractivity contribution in [2.75, 3.05) is 32.1 Å². The van der Waals surface area contributed by atoms with E-state index >= 15 is 0 Å². The van der Waals surface area contributed by atoms with Crippen molar-refractivity contribution < 1.29 is 14.6 Å². The Labute approximate surface area is 173 Å². The summed E-state index contributed by atoms with van der Waals surface area (Å²) in [4.78, 5) is 15.1. The highest BCUT2D eigenvalue weighted by Crippen LogP contribution is 2.26. The molecule has 0 spiro atoms. The van der Waals surface area contributed by atoms with E-state index in [4.69, 9.17) is 4.74 Å². The number of hydrogen-bond acceptors (Lipinski definition) is 5. The van der Waals surface area contributed by atoms with Crippen LogP contribution in [0.2, 0.25) is 0 Å². The maximum absolute atomic E-state index is 12.6. The lowest BCUT2D eigenvalue weighted by Gasteiger charge is -2.30. The molecule has 0 radical (unpaired) electrons. The number of nitrogens with one attached hydrogen (secondary N) is 1. The molecule has 0 amide bonds. The predicted molar refractivity (Wildman–Crippen MR) is 117 cm³/mol. The number of nitrogens with zero attached hydrogens (tertiary/aromatic N) is 1. The van der Waals surface area contributed by atoms with Crippen LogP contribution in [0.1, 0.15) is 48.5 Å². The largest absolute Gasteiger partial charge is 0.506 e. The van der Waals surface area contributed by atoms with E-state index in [1.165, 1.54) is 12.8 Å². The fraction of sp³-hybridized carbons (Fsp3) is 0.458. The highest BCUT2D eigenvalue weighted by Gasteiger charge is 2.16. The third kappa shape index (κ3) is 6.23. The van der Waals surface area contributed by atoms with Gasteiger partial charge >= 0.3 is 0 Å². The van der Waals surface area contributed by atoms with Crippen LogP contribution in [0.25, 0.3) is 0 Å². The summed E-state index contributed by atoms with van der Waals surface area (Å²) in [7, 11) is 1.64. The molecular weight excluding hydrogens is 364 g/mol. The van der Waals surface area contributed by atoms with Crippen molar-refractivity contribution in [3.8, 4) is 11.5 Å². The van der Waals surface area contributed by atoms with Gasteiger partial charge in [-0.25, -0.2) is 0 Å². The Morgan fingerprint density at radius 2 is 1.90 bits per heavy atom. The molecule has 1 saturated heterocycles. The smallest absolute Gasteiger partial charge is 0.163 e. The Balaban J connectivity index is 1.51. The molecule has 5 nitrogen and oxygen atoms in total. The summed E-state index contributed by atoms with van der Waals surface area (Å²) in [5.74, 6) is 1.91. The number of rotatable bonds is 9. The summed E-state index contributed by atoms with van der Waals surface area (Å²) in [6, 6.07) is 12.8. The van der Waals surface area contributed by atoms with Crippen LogP contribution in [0.3, 0.4) is 0 Å². The zero-order chi connectivity index (χ0) is 20.6. The summed E-state index contributed by atoms with van der Waals surface area (Å²) in [5.41, 5.74) is 2.29. The number of Topliss-reactive ketones (excluding diaryl/α,β-unsaturated/α-hetero) is 1. The minimum absolute atomic E-state index is 0.128. The Kier molecular flexibility index (Phi) is 7.53. The zero-order valence-electron chi connectivity index (χ0n) is 17.5. The van der Waals surface area contributed by atoms with E-state index in [0.29, 0.717) is 24.2 Å². The van der Waals surface area contributed by atoms with Crippen molar-refractivity contribution in [1.82, 2.24) is 4.90 Å². The van der Waals surface area contributed by atoms with Gasteiger partial charge in [0.1, 0.15) is 11.5 Å². The van der Waals surface area contributed by atoms with Gasteiger partial charge in [0.15, 0.2) is 5.78 Å². The second-order valence-electron chi connectivity index (χ2n) is 7.98. The van der Waals surface area contributed by atoms with E-state index in [-0.39, 0.29) is 11.5 Å². The minimum atomic E-state index is 0.128. The first-order valence-corrected chi connectivity index (χ1v) is 10.5. The number of methoxy groups -OCH3 is 1. The molecule has 0 aromatic heterocycles. The maximum Gasteiger partial charge on any atom is 0.163 e. The second-order valence-corrected chi connectivity index (χ2v) is 7.98. The van der Waals surface area contributed by atoms with Gasteiger partial charge in [-0.05, 0) is 80.7 Å². The van der Waals surface area contributed by atoms with Crippen LogP contribution in [0.4, 0.5) is 5.69 Å². The molecule has 156 valence electrons. The average molecular weight is 397 g/mol. The first-order chi connectivity index (χ1) is 14.0. The van der Waals surface area contributed by atoms with E-state index in [1.807, 2.05) is 24.3 Å². The van der Waals surface area contributed by atoms with Crippen molar-refractivity contribution in [1.29, 1.82) is 0 Å². The van der Waals surface area contributed by atoms with Crippen molar-refractivity contribution in [2.45, 2.75) is 39.2 Å². The Hall–Kier alpha value is -2.53. The van der Waals surface area contributed by atoms with Crippen LogP contribution in [0.5, 0.6) is 11.5 Å². The number of anilines is 1. The Morgan fingerprint density at radius 1 is 1.17 bits per heavy atom. The molecule has 2 aromatic rings. The summed E-state index contributed by atoms with van der Waals surface area (Å²) in [5, 5.41) is 13.4. The first-order valence-electron chi connectivity index (χ1n) is 10.5. The van der Waals surface area contributed by atoms with Gasteiger partial charge in [0, 0.05) is 18.5 Å². The average Bonchev–Trinajstić information content (AvgIpc) is 2.75. The number of ether oxygens (including phenoxy) is 1. The number of ketones is 1. The summed E-state index contributed by atoms with van der Waals surface area (Å²) < 4.78 is 5.17. The van der Waals surface area contributed by atoms with Crippen LogP contribution in [-0.4, -0.2) is 42.5 Å². The van der Waals surface area contributed by atoms with Gasteiger partial charge in [0.05, 0.1) is 12.8 Å². The number of carbonyl (C=O) groups is 1. The lowest BCUT2D eigenvalue weighted by molar-refractivity contribution is 0.0971. The van der Waals surface area contributed by atoms with E-state index in [2.05, 4.69) is 17.1 Å². The Morgan fingerprint density at radius 3 is 2.59 bits per heavy atom. The molecular formula is C24H32N2O3. The third-order valence-corrected chi connectivity index (χ3v) is 5.71. The maximum atomic E-state index is 12.6. The molecule has 0 saturated carbocycles. The lowest BCUT2D eigenvalue weighted by Crippen LogP contribution is -2.33. The summed E-state index contributed by atoms with van der Waals surface area (Å²) in [6.45, 7) is 6.15.